The number of benzene rings is 1. The minimum absolute atomic E-state index is 0.103. The molecule has 150 valence electrons. The van der Waals surface area contributed by atoms with Gasteiger partial charge < -0.3 is 15.0 Å². The minimum atomic E-state index is -1.15. The second-order valence-corrected chi connectivity index (χ2v) is 6.41. The number of nitrogens with zero attached hydrogens (tertiary/aromatic N) is 2. The smallest absolute Gasteiger partial charge is 0.340 e. The van der Waals surface area contributed by atoms with Crippen molar-refractivity contribution in [1.29, 1.82) is 0 Å². The molecule has 0 fully saturated rings. The molecule has 0 saturated heterocycles. The highest BCUT2D eigenvalue weighted by molar-refractivity contribution is 5.97. The van der Waals surface area contributed by atoms with Gasteiger partial charge in [-0.3, -0.25) is 19.1 Å². The number of carbonyl (C=O) groups is 2. The number of rotatable bonds is 5. The van der Waals surface area contributed by atoms with Crippen LogP contribution in [0.3, 0.4) is 0 Å². The molecule has 0 radical (unpaired) electrons. The van der Waals surface area contributed by atoms with Gasteiger partial charge >= 0.3 is 5.97 Å². The summed E-state index contributed by atoms with van der Waals surface area (Å²) in [5, 5.41) is 2.55. The number of anilines is 1. The summed E-state index contributed by atoms with van der Waals surface area (Å²) in [5.74, 6) is -1.41. The van der Waals surface area contributed by atoms with Crippen LogP contribution in [0.2, 0.25) is 0 Å². The summed E-state index contributed by atoms with van der Waals surface area (Å²) in [6, 6.07) is 11.5. The van der Waals surface area contributed by atoms with Crippen LogP contribution >= 0.6 is 0 Å². The van der Waals surface area contributed by atoms with Crippen molar-refractivity contribution in [3.63, 3.8) is 0 Å². The number of ether oxygens (including phenoxy) is 1. The van der Waals surface area contributed by atoms with Crippen molar-refractivity contribution >= 4 is 17.6 Å². The molecule has 0 saturated carbocycles. The normalized spacial score (nSPS) is 11.7. The number of aromatic nitrogens is 3. The first kappa shape index (κ1) is 19.9. The zero-order valence-corrected chi connectivity index (χ0v) is 16.1. The molecule has 9 heteroatoms. The lowest BCUT2D eigenvalue weighted by Gasteiger charge is -2.12. The average Bonchev–Trinajstić information content (AvgIpc) is 2.92. The Labute approximate surface area is 165 Å². The van der Waals surface area contributed by atoms with Gasteiger partial charge in [-0.1, -0.05) is 18.2 Å². The maximum absolute atomic E-state index is 12.8. The second-order valence-electron chi connectivity index (χ2n) is 6.41. The largest absolute Gasteiger partial charge is 0.449 e. The molecule has 2 aromatic heterocycles. The molecular weight excluding hydrogens is 376 g/mol. The fourth-order valence-corrected chi connectivity index (χ4v) is 2.76. The van der Waals surface area contributed by atoms with Gasteiger partial charge in [0.2, 0.25) is 5.56 Å². The number of para-hydroxylation sites is 1. The summed E-state index contributed by atoms with van der Waals surface area (Å²) in [6.45, 7) is 3.10. The van der Waals surface area contributed by atoms with Gasteiger partial charge in [0.15, 0.2) is 6.10 Å². The molecule has 0 aliphatic heterocycles. The standard InChI is InChI=1S/C20H20N4O5/c1-12-17(19(27)24(23(12)3)15-7-5-4-6-8-15)22-18(26)13(2)29-20(28)14-9-10-16(25)21-11-14/h4-11,13H,1-3H3,(H,21,25)(H,22,26). The van der Waals surface area contributed by atoms with Crippen LogP contribution in [-0.4, -0.2) is 32.3 Å². The molecule has 0 bridgehead atoms. The molecule has 29 heavy (non-hydrogen) atoms. The van der Waals surface area contributed by atoms with Gasteiger partial charge in [0.05, 0.1) is 16.9 Å². The fourth-order valence-electron chi connectivity index (χ4n) is 2.76. The predicted octanol–water partition coefficient (Wildman–Crippen LogP) is 1.36. The Bertz CT molecular complexity index is 1150. The lowest BCUT2D eigenvalue weighted by Crippen LogP contribution is -2.32. The zero-order chi connectivity index (χ0) is 21.1. The lowest BCUT2D eigenvalue weighted by atomic mass is 10.3. The number of amides is 1. The third kappa shape index (κ3) is 4.03. The van der Waals surface area contributed by atoms with Crippen LogP contribution in [0.5, 0.6) is 0 Å². The van der Waals surface area contributed by atoms with E-state index in [0.717, 1.165) is 0 Å². The highest BCUT2D eigenvalue weighted by Crippen LogP contribution is 2.14. The Morgan fingerprint density at radius 1 is 1.10 bits per heavy atom. The van der Waals surface area contributed by atoms with E-state index >= 15 is 0 Å². The van der Waals surface area contributed by atoms with E-state index in [-0.39, 0.29) is 16.8 Å². The number of carbonyl (C=O) groups excluding carboxylic acids is 2. The maximum Gasteiger partial charge on any atom is 0.340 e. The number of nitrogens with one attached hydrogen (secondary N) is 2. The monoisotopic (exact) mass is 396 g/mol. The Kier molecular flexibility index (Phi) is 5.49. The molecule has 1 aromatic carbocycles. The summed E-state index contributed by atoms with van der Waals surface area (Å²) >= 11 is 0. The quantitative estimate of drug-likeness (QED) is 0.632. The Hall–Kier alpha value is -3.88. The van der Waals surface area contributed by atoms with Gasteiger partial charge in [-0.15, -0.1) is 0 Å². The Balaban J connectivity index is 1.78. The van der Waals surface area contributed by atoms with Gasteiger partial charge in [-0.25, -0.2) is 9.48 Å². The van der Waals surface area contributed by atoms with Gasteiger partial charge in [0.25, 0.3) is 11.5 Å². The number of H-pyrrole nitrogens is 1. The predicted molar refractivity (Wildman–Crippen MR) is 106 cm³/mol. The molecule has 3 rings (SSSR count). The van der Waals surface area contributed by atoms with Crippen LogP contribution in [0, 0.1) is 6.92 Å². The van der Waals surface area contributed by atoms with Crippen molar-refractivity contribution in [3.05, 3.63) is 80.6 Å². The molecular formula is C20H20N4O5. The average molecular weight is 396 g/mol. The zero-order valence-electron chi connectivity index (χ0n) is 16.1. The van der Waals surface area contributed by atoms with Crippen LogP contribution in [-0.2, 0) is 16.6 Å². The maximum atomic E-state index is 12.8. The van der Waals surface area contributed by atoms with E-state index in [4.69, 9.17) is 4.74 Å². The number of esters is 1. The molecule has 3 aromatic rings. The van der Waals surface area contributed by atoms with Crippen LogP contribution in [0.15, 0.2) is 58.3 Å². The SMILES string of the molecule is Cc1c(NC(=O)C(C)OC(=O)c2ccc(=O)[nH]c2)c(=O)n(-c2ccccc2)n1C. The van der Waals surface area contributed by atoms with Crippen LogP contribution in [0.1, 0.15) is 23.0 Å². The summed E-state index contributed by atoms with van der Waals surface area (Å²) in [7, 11) is 1.71. The summed E-state index contributed by atoms with van der Waals surface area (Å²) in [6.07, 6.45) is 0.0495. The Morgan fingerprint density at radius 3 is 2.41 bits per heavy atom. The third-order valence-electron chi connectivity index (χ3n) is 4.48. The topological polar surface area (TPSA) is 115 Å². The van der Waals surface area contributed by atoms with Gasteiger partial charge in [0, 0.05) is 19.3 Å². The molecule has 2 N–H and O–H groups in total. The first-order valence-corrected chi connectivity index (χ1v) is 8.84. The second kappa shape index (κ2) is 8.01. The summed E-state index contributed by atoms with van der Waals surface area (Å²) < 4.78 is 8.18. The minimum Gasteiger partial charge on any atom is -0.449 e. The van der Waals surface area contributed by atoms with Gasteiger partial charge in [-0.05, 0) is 32.0 Å². The Morgan fingerprint density at radius 2 is 1.79 bits per heavy atom. The van der Waals surface area contributed by atoms with Gasteiger partial charge in [0.1, 0.15) is 5.69 Å². The molecule has 1 atom stereocenters. The van der Waals surface area contributed by atoms with E-state index < -0.39 is 23.5 Å². The van der Waals surface area contributed by atoms with Crippen molar-refractivity contribution in [1.82, 2.24) is 14.3 Å². The first-order valence-electron chi connectivity index (χ1n) is 8.84. The number of hydrogen-bond acceptors (Lipinski definition) is 5. The van der Waals surface area contributed by atoms with Crippen molar-refractivity contribution in [2.75, 3.05) is 5.32 Å². The number of aromatic amines is 1. The molecule has 0 aliphatic rings. The highest BCUT2D eigenvalue weighted by Gasteiger charge is 2.23. The molecule has 0 aliphatic carbocycles. The van der Waals surface area contributed by atoms with Crippen molar-refractivity contribution in [2.24, 2.45) is 7.05 Å². The molecule has 9 nitrogen and oxygen atoms in total. The molecule has 0 spiro atoms. The summed E-state index contributed by atoms with van der Waals surface area (Å²) in [5.41, 5.74) is 0.651. The van der Waals surface area contributed by atoms with Crippen molar-refractivity contribution in [3.8, 4) is 5.69 Å². The van der Waals surface area contributed by atoms with Crippen LogP contribution in [0.25, 0.3) is 5.69 Å². The first-order chi connectivity index (χ1) is 13.8. The lowest BCUT2D eigenvalue weighted by molar-refractivity contribution is -0.123. The van der Waals surface area contributed by atoms with E-state index in [1.165, 1.54) is 29.9 Å². The van der Waals surface area contributed by atoms with Gasteiger partial charge in [-0.2, -0.15) is 0 Å². The van der Waals surface area contributed by atoms with E-state index in [0.29, 0.717) is 11.4 Å². The van der Waals surface area contributed by atoms with E-state index in [9.17, 15) is 19.2 Å². The third-order valence-corrected chi connectivity index (χ3v) is 4.48. The van der Waals surface area contributed by atoms with E-state index in [1.54, 1.807) is 42.9 Å². The van der Waals surface area contributed by atoms with Crippen LogP contribution in [0.4, 0.5) is 5.69 Å². The number of pyridine rings is 1. The highest BCUT2D eigenvalue weighted by atomic mass is 16.5. The number of hydrogen-bond donors (Lipinski definition) is 2. The van der Waals surface area contributed by atoms with Crippen LogP contribution < -0.4 is 16.4 Å². The van der Waals surface area contributed by atoms with E-state index in [2.05, 4.69) is 10.3 Å². The summed E-state index contributed by atoms with van der Waals surface area (Å²) in [4.78, 5) is 50.9. The fraction of sp³-hybridized carbons (Fsp3) is 0.200. The van der Waals surface area contributed by atoms with Crippen molar-refractivity contribution in [2.45, 2.75) is 20.0 Å². The molecule has 2 heterocycles. The van der Waals surface area contributed by atoms with E-state index in [1.807, 2.05) is 6.07 Å². The molecule has 1 unspecified atom stereocenters. The molecule has 1 amide bonds. The van der Waals surface area contributed by atoms with Crippen molar-refractivity contribution < 1.29 is 14.3 Å².